The molecule has 0 aliphatic heterocycles. The third-order valence-corrected chi connectivity index (χ3v) is 2.74. The summed E-state index contributed by atoms with van der Waals surface area (Å²) in [6.45, 7) is 0.657. The Morgan fingerprint density at radius 1 is 1.44 bits per heavy atom. The van der Waals surface area contributed by atoms with Crippen LogP contribution in [-0.2, 0) is 6.42 Å². The summed E-state index contributed by atoms with van der Waals surface area (Å²) in [7, 11) is 3.73. The summed E-state index contributed by atoms with van der Waals surface area (Å²) >= 11 is 3.36. The zero-order valence-electron chi connectivity index (χ0n) is 10.1. The molecule has 0 aliphatic carbocycles. The SMILES string of the molecule is CN(C)c1noc(CCNc2ncncc2Br)n1. The molecule has 0 fully saturated rings. The van der Waals surface area contributed by atoms with Gasteiger partial charge in [-0.3, -0.25) is 0 Å². The monoisotopic (exact) mass is 312 g/mol. The topological polar surface area (TPSA) is 80.0 Å². The van der Waals surface area contributed by atoms with Gasteiger partial charge in [-0.05, 0) is 21.1 Å². The highest BCUT2D eigenvalue weighted by molar-refractivity contribution is 9.10. The highest BCUT2D eigenvalue weighted by Gasteiger charge is 2.07. The van der Waals surface area contributed by atoms with Gasteiger partial charge in [-0.15, -0.1) is 0 Å². The van der Waals surface area contributed by atoms with Gasteiger partial charge in [0.15, 0.2) is 0 Å². The van der Waals surface area contributed by atoms with E-state index in [2.05, 4.69) is 41.4 Å². The average molecular weight is 313 g/mol. The van der Waals surface area contributed by atoms with Crippen molar-refractivity contribution >= 4 is 27.7 Å². The van der Waals surface area contributed by atoms with E-state index in [1.54, 1.807) is 11.1 Å². The van der Waals surface area contributed by atoms with Crippen molar-refractivity contribution in [1.82, 2.24) is 20.1 Å². The molecule has 0 unspecified atom stereocenters. The molecule has 0 aromatic carbocycles. The van der Waals surface area contributed by atoms with E-state index in [-0.39, 0.29) is 0 Å². The normalized spacial score (nSPS) is 10.4. The Balaban J connectivity index is 1.87. The molecule has 2 aromatic rings. The van der Waals surface area contributed by atoms with Gasteiger partial charge in [-0.1, -0.05) is 0 Å². The number of hydrogen-bond acceptors (Lipinski definition) is 7. The highest BCUT2D eigenvalue weighted by Crippen LogP contribution is 2.16. The summed E-state index contributed by atoms with van der Waals surface area (Å²) in [6, 6.07) is 0. The van der Waals surface area contributed by atoms with Gasteiger partial charge in [-0.2, -0.15) is 4.98 Å². The molecule has 0 radical (unpaired) electrons. The van der Waals surface area contributed by atoms with Crippen LogP contribution in [0.2, 0.25) is 0 Å². The van der Waals surface area contributed by atoms with E-state index >= 15 is 0 Å². The molecule has 7 nitrogen and oxygen atoms in total. The minimum Gasteiger partial charge on any atom is -0.369 e. The largest absolute Gasteiger partial charge is 0.369 e. The van der Waals surface area contributed by atoms with Gasteiger partial charge in [-0.25, -0.2) is 9.97 Å². The zero-order valence-corrected chi connectivity index (χ0v) is 11.7. The second-order valence-corrected chi connectivity index (χ2v) is 4.63. The molecular formula is C10H13BrN6O. The summed E-state index contributed by atoms with van der Waals surface area (Å²) in [5, 5.41) is 7.00. The van der Waals surface area contributed by atoms with Crippen LogP contribution < -0.4 is 10.2 Å². The predicted molar refractivity (Wildman–Crippen MR) is 70.6 cm³/mol. The standard InChI is InChI=1S/C10H13BrN6O/c1-17(2)10-15-8(18-16-10)3-4-13-9-7(11)5-12-6-14-9/h5-6H,3-4H2,1-2H3,(H,12,13,14). The fourth-order valence-corrected chi connectivity index (χ4v) is 1.62. The van der Waals surface area contributed by atoms with Gasteiger partial charge in [0.05, 0.1) is 4.47 Å². The molecule has 2 heterocycles. The van der Waals surface area contributed by atoms with E-state index in [4.69, 9.17) is 4.52 Å². The van der Waals surface area contributed by atoms with Crippen molar-refractivity contribution in [2.75, 3.05) is 30.9 Å². The molecule has 0 bridgehead atoms. The van der Waals surface area contributed by atoms with E-state index in [1.165, 1.54) is 6.33 Å². The molecule has 2 rings (SSSR count). The fourth-order valence-electron chi connectivity index (χ4n) is 1.26. The number of rotatable bonds is 5. The van der Waals surface area contributed by atoms with Gasteiger partial charge in [0.2, 0.25) is 5.89 Å². The Bertz CT molecular complexity index is 515. The second kappa shape index (κ2) is 5.76. The molecule has 0 aliphatic rings. The quantitative estimate of drug-likeness (QED) is 0.892. The van der Waals surface area contributed by atoms with Gasteiger partial charge in [0.25, 0.3) is 5.95 Å². The van der Waals surface area contributed by atoms with Gasteiger partial charge < -0.3 is 14.7 Å². The number of nitrogens with one attached hydrogen (secondary N) is 1. The Morgan fingerprint density at radius 2 is 2.28 bits per heavy atom. The summed E-state index contributed by atoms with van der Waals surface area (Å²) < 4.78 is 5.93. The Morgan fingerprint density at radius 3 is 2.94 bits per heavy atom. The van der Waals surface area contributed by atoms with Crippen molar-refractivity contribution in [2.24, 2.45) is 0 Å². The van der Waals surface area contributed by atoms with Crippen LogP contribution in [0.1, 0.15) is 5.89 Å². The Labute approximate surface area is 113 Å². The van der Waals surface area contributed by atoms with Crippen LogP contribution in [0.3, 0.4) is 0 Å². The molecule has 0 saturated heterocycles. The molecule has 96 valence electrons. The average Bonchev–Trinajstić information content (AvgIpc) is 2.80. The summed E-state index contributed by atoms with van der Waals surface area (Å²) in [6.07, 6.45) is 3.81. The van der Waals surface area contributed by atoms with Gasteiger partial charge >= 0.3 is 0 Å². The molecular weight excluding hydrogens is 300 g/mol. The lowest BCUT2D eigenvalue weighted by Gasteiger charge is -2.04. The maximum atomic E-state index is 5.11. The van der Waals surface area contributed by atoms with Crippen LogP contribution >= 0.6 is 15.9 Å². The number of anilines is 2. The van der Waals surface area contributed by atoms with E-state index < -0.39 is 0 Å². The van der Waals surface area contributed by atoms with Crippen LogP contribution in [0.4, 0.5) is 11.8 Å². The molecule has 0 saturated carbocycles. The van der Waals surface area contributed by atoms with Crippen LogP contribution in [0.15, 0.2) is 21.5 Å². The molecule has 18 heavy (non-hydrogen) atoms. The lowest BCUT2D eigenvalue weighted by atomic mass is 10.4. The number of nitrogens with zero attached hydrogens (tertiary/aromatic N) is 5. The molecule has 0 spiro atoms. The van der Waals surface area contributed by atoms with E-state index in [0.717, 1.165) is 10.3 Å². The van der Waals surface area contributed by atoms with E-state index in [9.17, 15) is 0 Å². The minimum atomic E-state index is 0.577. The van der Waals surface area contributed by atoms with Crippen molar-refractivity contribution in [2.45, 2.75) is 6.42 Å². The predicted octanol–water partition coefficient (Wildman–Crippen LogP) is 1.34. The van der Waals surface area contributed by atoms with Gasteiger partial charge in [0, 0.05) is 33.3 Å². The number of aromatic nitrogens is 4. The number of hydrogen-bond donors (Lipinski definition) is 1. The zero-order chi connectivity index (χ0) is 13.0. The molecule has 2 aromatic heterocycles. The van der Waals surface area contributed by atoms with Crippen LogP contribution in [0, 0.1) is 0 Å². The molecule has 0 atom stereocenters. The van der Waals surface area contributed by atoms with Crippen molar-refractivity contribution in [3.8, 4) is 0 Å². The van der Waals surface area contributed by atoms with E-state index in [0.29, 0.717) is 24.8 Å². The van der Waals surface area contributed by atoms with Crippen LogP contribution in [-0.4, -0.2) is 40.7 Å². The summed E-state index contributed by atoms with van der Waals surface area (Å²) in [5.41, 5.74) is 0. The lowest BCUT2D eigenvalue weighted by Crippen LogP contribution is -2.11. The number of halogens is 1. The first-order chi connectivity index (χ1) is 8.66. The van der Waals surface area contributed by atoms with Gasteiger partial charge in [0.1, 0.15) is 12.1 Å². The fraction of sp³-hybridized carbons (Fsp3) is 0.400. The maximum absolute atomic E-state index is 5.11. The smallest absolute Gasteiger partial charge is 0.265 e. The minimum absolute atomic E-state index is 0.577. The summed E-state index contributed by atoms with van der Waals surface area (Å²) in [4.78, 5) is 14.0. The molecule has 1 N–H and O–H groups in total. The van der Waals surface area contributed by atoms with Crippen molar-refractivity contribution < 1.29 is 4.52 Å². The van der Waals surface area contributed by atoms with E-state index in [1.807, 2.05) is 14.1 Å². The molecule has 0 amide bonds. The third kappa shape index (κ3) is 3.16. The Kier molecular flexibility index (Phi) is 4.08. The first kappa shape index (κ1) is 12.7. The summed E-state index contributed by atoms with van der Waals surface area (Å²) in [5.74, 6) is 1.92. The van der Waals surface area contributed by atoms with Crippen molar-refractivity contribution in [3.05, 3.63) is 22.9 Å². The van der Waals surface area contributed by atoms with Crippen LogP contribution in [0.5, 0.6) is 0 Å². The lowest BCUT2D eigenvalue weighted by molar-refractivity contribution is 0.380. The third-order valence-electron chi connectivity index (χ3n) is 2.16. The van der Waals surface area contributed by atoms with Crippen molar-refractivity contribution in [3.63, 3.8) is 0 Å². The van der Waals surface area contributed by atoms with Crippen molar-refractivity contribution in [1.29, 1.82) is 0 Å². The molecule has 8 heteroatoms. The maximum Gasteiger partial charge on any atom is 0.265 e. The highest BCUT2D eigenvalue weighted by atomic mass is 79.9. The first-order valence-electron chi connectivity index (χ1n) is 5.36. The van der Waals surface area contributed by atoms with Crippen LogP contribution in [0.25, 0.3) is 0 Å². The Hall–Kier alpha value is -1.70. The second-order valence-electron chi connectivity index (χ2n) is 3.78. The first-order valence-corrected chi connectivity index (χ1v) is 6.15.